The molecule has 0 amide bonds. The second-order valence-electron chi connectivity index (χ2n) is 3.84. The van der Waals surface area contributed by atoms with Gasteiger partial charge in [-0.05, 0) is 32.6 Å². The van der Waals surface area contributed by atoms with Gasteiger partial charge in [-0.1, -0.05) is 19.3 Å². The Hall–Kier alpha value is 0.310. The van der Waals surface area contributed by atoms with E-state index in [0.717, 1.165) is 5.92 Å². The van der Waals surface area contributed by atoms with Gasteiger partial charge in [0.05, 0.1) is 11.5 Å². The zero-order valence-corrected chi connectivity index (χ0v) is 9.02. The number of hydrogen-bond donors (Lipinski definition) is 1. The smallest absolute Gasteiger partial charge is 0.0975 e. The first kappa shape index (κ1) is 10.4. The molecular formula is C10H20OS. The fourth-order valence-electron chi connectivity index (χ4n) is 2.03. The van der Waals surface area contributed by atoms with E-state index >= 15 is 0 Å². The van der Waals surface area contributed by atoms with Gasteiger partial charge in [-0.15, -0.1) is 12.6 Å². The summed E-state index contributed by atoms with van der Waals surface area (Å²) in [6.45, 7) is 4.17. The van der Waals surface area contributed by atoms with Gasteiger partial charge in [0.15, 0.2) is 0 Å². The number of hydrogen-bond acceptors (Lipinski definition) is 2. The van der Waals surface area contributed by atoms with Crippen LogP contribution in [0.25, 0.3) is 0 Å². The molecule has 2 atom stereocenters. The van der Waals surface area contributed by atoms with Gasteiger partial charge in [0.25, 0.3) is 0 Å². The molecule has 1 aliphatic carbocycles. The molecule has 0 aliphatic heterocycles. The van der Waals surface area contributed by atoms with Gasteiger partial charge in [-0.25, -0.2) is 0 Å². The Balaban J connectivity index is 2.24. The third-order valence-corrected chi connectivity index (χ3v) is 2.85. The normalized spacial score (nSPS) is 25.2. The van der Waals surface area contributed by atoms with E-state index in [1.165, 1.54) is 32.1 Å². The zero-order chi connectivity index (χ0) is 8.97. The van der Waals surface area contributed by atoms with Crippen molar-refractivity contribution in [1.82, 2.24) is 0 Å². The second-order valence-corrected chi connectivity index (χ2v) is 4.57. The number of ether oxygens (including phenoxy) is 1. The van der Waals surface area contributed by atoms with Crippen LogP contribution >= 0.6 is 12.6 Å². The molecule has 0 aromatic heterocycles. The summed E-state index contributed by atoms with van der Waals surface area (Å²) in [7, 11) is 0. The molecule has 12 heavy (non-hydrogen) atoms. The molecule has 0 saturated heterocycles. The monoisotopic (exact) mass is 188 g/mol. The Morgan fingerprint density at radius 1 is 1.17 bits per heavy atom. The van der Waals surface area contributed by atoms with E-state index in [1.807, 2.05) is 6.92 Å². The molecule has 0 aromatic carbocycles. The summed E-state index contributed by atoms with van der Waals surface area (Å²) in [5.74, 6) is 0.786. The van der Waals surface area contributed by atoms with Crippen molar-refractivity contribution in [1.29, 1.82) is 0 Å². The first-order valence-corrected chi connectivity index (χ1v) is 5.55. The van der Waals surface area contributed by atoms with Crippen LogP contribution < -0.4 is 0 Å². The fourth-order valence-corrected chi connectivity index (χ4v) is 2.22. The first-order valence-electron chi connectivity index (χ1n) is 5.03. The Bertz CT molecular complexity index is 119. The van der Waals surface area contributed by atoms with Crippen molar-refractivity contribution in [3.63, 3.8) is 0 Å². The molecule has 0 bridgehead atoms. The van der Waals surface area contributed by atoms with Crippen molar-refractivity contribution in [3.8, 4) is 0 Å². The summed E-state index contributed by atoms with van der Waals surface area (Å²) in [4.78, 5) is 0. The molecule has 1 saturated carbocycles. The van der Waals surface area contributed by atoms with Crippen molar-refractivity contribution in [2.24, 2.45) is 5.92 Å². The predicted octanol–water partition coefficient (Wildman–Crippen LogP) is 3.25. The summed E-state index contributed by atoms with van der Waals surface area (Å²) in [5.41, 5.74) is 0.0851. The Morgan fingerprint density at radius 2 is 1.75 bits per heavy atom. The van der Waals surface area contributed by atoms with Gasteiger partial charge in [0, 0.05) is 0 Å². The van der Waals surface area contributed by atoms with Gasteiger partial charge < -0.3 is 4.74 Å². The number of rotatable bonds is 3. The first-order chi connectivity index (χ1) is 5.70. The summed E-state index contributed by atoms with van der Waals surface area (Å²) >= 11 is 4.23. The molecule has 1 nitrogen and oxygen atoms in total. The zero-order valence-electron chi connectivity index (χ0n) is 8.12. The topological polar surface area (TPSA) is 9.23 Å². The van der Waals surface area contributed by atoms with E-state index in [9.17, 15) is 0 Å². The molecule has 1 rings (SSSR count). The van der Waals surface area contributed by atoms with Crippen LogP contribution in [-0.4, -0.2) is 11.5 Å². The minimum atomic E-state index is 0.0851. The van der Waals surface area contributed by atoms with Crippen LogP contribution in [0.1, 0.15) is 46.0 Å². The molecule has 2 unspecified atom stereocenters. The van der Waals surface area contributed by atoms with Gasteiger partial charge >= 0.3 is 0 Å². The fraction of sp³-hybridized carbons (Fsp3) is 1.00. The van der Waals surface area contributed by atoms with Crippen molar-refractivity contribution in [2.45, 2.75) is 57.5 Å². The highest BCUT2D eigenvalue weighted by molar-refractivity contribution is 7.80. The lowest BCUT2D eigenvalue weighted by Crippen LogP contribution is -2.25. The lowest BCUT2D eigenvalue weighted by Gasteiger charge is -2.28. The van der Waals surface area contributed by atoms with Gasteiger partial charge in [0.2, 0.25) is 0 Å². The molecule has 1 fully saturated rings. The Kier molecular flexibility index (Phi) is 4.44. The summed E-state index contributed by atoms with van der Waals surface area (Å²) in [6, 6.07) is 0. The highest BCUT2D eigenvalue weighted by Gasteiger charge is 2.21. The number of thiol groups is 1. The maximum absolute atomic E-state index is 5.65. The van der Waals surface area contributed by atoms with Crippen LogP contribution in [0, 0.1) is 5.92 Å². The minimum Gasteiger partial charge on any atom is -0.365 e. The molecule has 0 spiro atoms. The van der Waals surface area contributed by atoms with Gasteiger partial charge in [0.1, 0.15) is 0 Å². The van der Waals surface area contributed by atoms with E-state index in [4.69, 9.17) is 4.74 Å². The van der Waals surface area contributed by atoms with Crippen LogP contribution in [0.3, 0.4) is 0 Å². The molecule has 0 aromatic rings. The van der Waals surface area contributed by atoms with E-state index in [0.29, 0.717) is 6.10 Å². The highest BCUT2D eigenvalue weighted by atomic mass is 32.1. The Morgan fingerprint density at radius 3 is 2.25 bits per heavy atom. The van der Waals surface area contributed by atoms with Gasteiger partial charge in [-0.3, -0.25) is 0 Å². The van der Waals surface area contributed by atoms with Crippen molar-refractivity contribution < 1.29 is 4.74 Å². The highest BCUT2D eigenvalue weighted by Crippen LogP contribution is 2.28. The molecule has 1 aliphatic rings. The van der Waals surface area contributed by atoms with E-state index in [1.54, 1.807) is 0 Å². The summed E-state index contributed by atoms with van der Waals surface area (Å²) in [5, 5.41) is 0. The summed E-state index contributed by atoms with van der Waals surface area (Å²) < 4.78 is 5.65. The van der Waals surface area contributed by atoms with E-state index < -0.39 is 0 Å². The molecular weight excluding hydrogens is 168 g/mol. The molecule has 0 radical (unpaired) electrons. The second kappa shape index (κ2) is 5.13. The Labute approximate surface area is 81.3 Å². The van der Waals surface area contributed by atoms with Gasteiger partial charge in [-0.2, -0.15) is 0 Å². The van der Waals surface area contributed by atoms with Crippen LogP contribution in [0.5, 0.6) is 0 Å². The van der Waals surface area contributed by atoms with Crippen LogP contribution in [-0.2, 0) is 4.74 Å². The van der Waals surface area contributed by atoms with Crippen molar-refractivity contribution in [2.75, 3.05) is 0 Å². The molecule has 0 N–H and O–H groups in total. The largest absolute Gasteiger partial charge is 0.365 e. The summed E-state index contributed by atoms with van der Waals surface area (Å²) in [6.07, 6.45) is 7.29. The quantitative estimate of drug-likeness (QED) is 0.528. The van der Waals surface area contributed by atoms with Crippen molar-refractivity contribution in [3.05, 3.63) is 0 Å². The minimum absolute atomic E-state index is 0.0851. The molecule has 72 valence electrons. The molecule has 0 heterocycles. The third-order valence-electron chi connectivity index (χ3n) is 2.73. The van der Waals surface area contributed by atoms with Crippen molar-refractivity contribution >= 4 is 12.6 Å². The maximum atomic E-state index is 5.65. The maximum Gasteiger partial charge on any atom is 0.0975 e. The third kappa shape index (κ3) is 3.36. The SMILES string of the molecule is CC(S)OC(C)C1CCCCC1. The van der Waals surface area contributed by atoms with Crippen LogP contribution in [0.15, 0.2) is 0 Å². The average molecular weight is 188 g/mol. The van der Waals surface area contributed by atoms with Crippen LogP contribution in [0.2, 0.25) is 0 Å². The van der Waals surface area contributed by atoms with E-state index in [-0.39, 0.29) is 5.44 Å². The van der Waals surface area contributed by atoms with E-state index in [2.05, 4.69) is 19.6 Å². The predicted molar refractivity (Wildman–Crippen MR) is 55.6 cm³/mol. The lowest BCUT2D eigenvalue weighted by molar-refractivity contribution is 0.00586. The standard InChI is InChI=1S/C10H20OS/c1-8(11-9(2)12)10-6-4-3-5-7-10/h8-10,12H,3-7H2,1-2H3. The lowest BCUT2D eigenvalue weighted by atomic mass is 9.86. The molecule has 2 heteroatoms. The average Bonchev–Trinajstić information content (AvgIpc) is 2.05. The van der Waals surface area contributed by atoms with Crippen LogP contribution in [0.4, 0.5) is 0 Å².